The van der Waals surface area contributed by atoms with Gasteiger partial charge in [-0.3, -0.25) is 9.59 Å². The van der Waals surface area contributed by atoms with Gasteiger partial charge in [-0.05, 0) is 62.8 Å². The summed E-state index contributed by atoms with van der Waals surface area (Å²) in [6.07, 6.45) is 1.42. The number of ether oxygens (including phenoxy) is 4. The minimum Gasteiger partial charge on any atom is -0.490 e. The lowest BCUT2D eigenvalue weighted by molar-refractivity contribution is -0.139. The van der Waals surface area contributed by atoms with Crippen LogP contribution >= 0.6 is 12.2 Å². The lowest BCUT2D eigenvalue weighted by atomic mass is 9.95. The van der Waals surface area contributed by atoms with Gasteiger partial charge in [0.1, 0.15) is 5.75 Å². The number of hydrogen-bond acceptors (Lipinski definition) is 9. The Kier molecular flexibility index (Phi) is 10.4. The standard InChI is InChI=1S/C27H30N4O7S/c1-5-35-22-13-18(11-12-21(22)38-17(4)32)14-28-31-23(33)15-37-20-10-8-7-9-19(20)25-24(26(34)36-6-2)16(3)29-27(39)30-25/h7-14,25H,5-6,15H2,1-4H3,(H,31,33)(H2,29,30,39)/t25-/m0/s1. The smallest absolute Gasteiger partial charge is 0.338 e. The average Bonchev–Trinajstić information content (AvgIpc) is 2.88. The Morgan fingerprint density at radius 3 is 2.54 bits per heavy atom. The monoisotopic (exact) mass is 554 g/mol. The Hall–Kier alpha value is -4.45. The first-order valence-electron chi connectivity index (χ1n) is 12.2. The molecule has 12 heteroatoms. The number of nitrogens with zero attached hydrogens (tertiary/aromatic N) is 1. The van der Waals surface area contributed by atoms with Gasteiger partial charge in [-0.25, -0.2) is 10.2 Å². The second-order valence-electron chi connectivity index (χ2n) is 8.14. The molecule has 0 radical (unpaired) electrons. The third kappa shape index (κ3) is 8.01. The zero-order chi connectivity index (χ0) is 28.4. The molecule has 3 N–H and O–H groups in total. The van der Waals surface area contributed by atoms with Crippen molar-refractivity contribution < 1.29 is 33.3 Å². The first kappa shape index (κ1) is 29.1. The average molecular weight is 555 g/mol. The van der Waals surface area contributed by atoms with Crippen molar-refractivity contribution in [1.82, 2.24) is 16.1 Å². The molecular formula is C27H30N4O7S. The Balaban J connectivity index is 1.68. The molecule has 0 saturated carbocycles. The maximum absolute atomic E-state index is 12.7. The van der Waals surface area contributed by atoms with E-state index in [-0.39, 0.29) is 19.0 Å². The predicted molar refractivity (Wildman–Crippen MR) is 148 cm³/mol. The number of carbonyl (C=O) groups is 3. The van der Waals surface area contributed by atoms with E-state index in [2.05, 4.69) is 21.2 Å². The Labute approximate surface area is 231 Å². The summed E-state index contributed by atoms with van der Waals surface area (Å²) in [5, 5.41) is 10.3. The van der Waals surface area contributed by atoms with Crippen LogP contribution in [-0.4, -0.2) is 49.0 Å². The van der Waals surface area contributed by atoms with E-state index in [1.165, 1.54) is 13.1 Å². The first-order chi connectivity index (χ1) is 18.7. The summed E-state index contributed by atoms with van der Waals surface area (Å²) in [7, 11) is 0. The van der Waals surface area contributed by atoms with Gasteiger partial charge in [-0.15, -0.1) is 0 Å². The summed E-state index contributed by atoms with van der Waals surface area (Å²) in [4.78, 5) is 36.4. The van der Waals surface area contributed by atoms with Crippen molar-refractivity contribution in [2.45, 2.75) is 33.7 Å². The van der Waals surface area contributed by atoms with Crippen LogP contribution in [0.4, 0.5) is 0 Å². The van der Waals surface area contributed by atoms with E-state index in [1.54, 1.807) is 63.2 Å². The minimum atomic E-state index is -0.635. The van der Waals surface area contributed by atoms with Crippen molar-refractivity contribution in [2.24, 2.45) is 5.10 Å². The second kappa shape index (κ2) is 13.9. The SMILES string of the molecule is CCOC(=O)C1=C(C)NC(=S)N[C@H]1c1ccccc1OCC(=O)NN=Cc1ccc(OC(C)=O)c(OCC)c1. The Morgan fingerprint density at radius 1 is 1.05 bits per heavy atom. The van der Waals surface area contributed by atoms with Gasteiger partial charge in [0.25, 0.3) is 5.91 Å². The highest BCUT2D eigenvalue weighted by atomic mass is 32.1. The highest BCUT2D eigenvalue weighted by Crippen LogP contribution is 2.33. The number of rotatable bonds is 11. The Morgan fingerprint density at radius 2 is 1.82 bits per heavy atom. The molecule has 206 valence electrons. The van der Waals surface area contributed by atoms with Crippen LogP contribution in [0.3, 0.4) is 0 Å². The van der Waals surface area contributed by atoms with Crippen molar-refractivity contribution in [3.63, 3.8) is 0 Å². The lowest BCUT2D eigenvalue weighted by Gasteiger charge is -2.30. The van der Waals surface area contributed by atoms with Crippen LogP contribution in [0.2, 0.25) is 0 Å². The van der Waals surface area contributed by atoms with Crippen molar-refractivity contribution in [1.29, 1.82) is 0 Å². The van der Waals surface area contributed by atoms with E-state index >= 15 is 0 Å². The molecule has 0 unspecified atom stereocenters. The van der Waals surface area contributed by atoms with Gasteiger partial charge in [0, 0.05) is 18.2 Å². The summed E-state index contributed by atoms with van der Waals surface area (Å²) in [5.74, 6) is -0.409. The largest absolute Gasteiger partial charge is 0.490 e. The van der Waals surface area contributed by atoms with Gasteiger partial charge >= 0.3 is 11.9 Å². The molecule has 39 heavy (non-hydrogen) atoms. The quantitative estimate of drug-likeness (QED) is 0.125. The molecule has 0 spiro atoms. The van der Waals surface area contributed by atoms with Crippen LogP contribution in [0.15, 0.2) is 58.8 Å². The van der Waals surface area contributed by atoms with E-state index in [9.17, 15) is 14.4 Å². The molecule has 1 aliphatic rings. The molecule has 0 fully saturated rings. The van der Waals surface area contributed by atoms with Crippen LogP contribution in [0.25, 0.3) is 0 Å². The molecule has 0 aliphatic carbocycles. The molecule has 2 aromatic carbocycles. The van der Waals surface area contributed by atoms with Gasteiger partial charge in [0.15, 0.2) is 23.2 Å². The van der Waals surface area contributed by atoms with Crippen LogP contribution in [-0.2, 0) is 19.1 Å². The van der Waals surface area contributed by atoms with Crippen molar-refractivity contribution in [3.8, 4) is 17.2 Å². The normalized spacial score (nSPS) is 14.8. The summed E-state index contributed by atoms with van der Waals surface area (Å²) in [6, 6.07) is 11.3. The number of hydrogen-bond donors (Lipinski definition) is 3. The van der Waals surface area contributed by atoms with Gasteiger partial charge in [-0.1, -0.05) is 18.2 Å². The van der Waals surface area contributed by atoms with E-state index < -0.39 is 23.9 Å². The van der Waals surface area contributed by atoms with Crippen LogP contribution in [0, 0.1) is 0 Å². The summed E-state index contributed by atoms with van der Waals surface area (Å²) in [5.41, 5.74) is 4.56. The molecular weight excluding hydrogens is 524 g/mol. The third-order valence-corrected chi connectivity index (χ3v) is 5.50. The highest BCUT2D eigenvalue weighted by Gasteiger charge is 2.32. The summed E-state index contributed by atoms with van der Waals surface area (Å²) in [6.45, 7) is 6.83. The Bertz CT molecular complexity index is 1310. The first-order valence-corrected chi connectivity index (χ1v) is 12.6. The predicted octanol–water partition coefficient (Wildman–Crippen LogP) is 2.90. The lowest BCUT2D eigenvalue weighted by Crippen LogP contribution is -2.45. The van der Waals surface area contributed by atoms with Crippen molar-refractivity contribution in [3.05, 3.63) is 64.9 Å². The van der Waals surface area contributed by atoms with E-state index in [4.69, 9.17) is 31.2 Å². The van der Waals surface area contributed by atoms with Gasteiger partial charge in [0.05, 0.1) is 31.0 Å². The van der Waals surface area contributed by atoms with Crippen LogP contribution in [0.1, 0.15) is 44.9 Å². The maximum atomic E-state index is 12.7. The molecule has 1 atom stereocenters. The summed E-state index contributed by atoms with van der Waals surface area (Å²) >= 11 is 5.29. The van der Waals surface area contributed by atoms with Crippen molar-refractivity contribution in [2.75, 3.05) is 19.8 Å². The summed E-state index contributed by atoms with van der Waals surface area (Å²) < 4.78 is 21.7. The second-order valence-corrected chi connectivity index (χ2v) is 8.55. The van der Waals surface area contributed by atoms with Gasteiger partial charge in [0.2, 0.25) is 0 Å². The third-order valence-electron chi connectivity index (χ3n) is 5.28. The molecule has 0 aromatic heterocycles. The fourth-order valence-electron chi connectivity index (χ4n) is 3.72. The zero-order valence-corrected chi connectivity index (χ0v) is 22.8. The molecule has 11 nitrogen and oxygen atoms in total. The van der Waals surface area contributed by atoms with E-state index in [1.807, 2.05) is 0 Å². The molecule has 0 bridgehead atoms. The minimum absolute atomic E-state index is 0.217. The van der Waals surface area contributed by atoms with Gasteiger partial charge < -0.3 is 29.6 Å². The number of benzene rings is 2. The fourth-order valence-corrected chi connectivity index (χ4v) is 3.99. The number of hydrazone groups is 1. The fraction of sp³-hybridized carbons (Fsp3) is 0.296. The number of para-hydroxylation sites is 1. The number of amides is 1. The van der Waals surface area contributed by atoms with Crippen LogP contribution in [0.5, 0.6) is 17.2 Å². The molecule has 2 aromatic rings. The van der Waals surface area contributed by atoms with E-state index in [0.29, 0.717) is 45.6 Å². The number of allylic oxidation sites excluding steroid dienone is 1. The number of nitrogens with one attached hydrogen (secondary N) is 3. The van der Waals surface area contributed by atoms with Gasteiger partial charge in [-0.2, -0.15) is 5.10 Å². The number of thiocarbonyl (C=S) groups is 1. The topological polar surface area (TPSA) is 137 Å². The van der Waals surface area contributed by atoms with Crippen LogP contribution < -0.4 is 30.3 Å². The molecule has 0 saturated heterocycles. The maximum Gasteiger partial charge on any atom is 0.338 e. The molecule has 1 heterocycles. The highest BCUT2D eigenvalue weighted by molar-refractivity contribution is 7.80. The molecule has 1 aliphatic heterocycles. The van der Waals surface area contributed by atoms with Crippen molar-refractivity contribution >= 4 is 41.4 Å². The number of carbonyl (C=O) groups excluding carboxylic acids is 3. The molecule has 3 rings (SSSR count). The molecule has 1 amide bonds. The zero-order valence-electron chi connectivity index (χ0n) is 22.0. The van der Waals surface area contributed by atoms with E-state index in [0.717, 1.165) is 0 Å². The number of esters is 2.